The van der Waals surface area contributed by atoms with Gasteiger partial charge in [0.25, 0.3) is 5.91 Å². The molecule has 4 nitrogen and oxygen atoms in total. The predicted octanol–water partition coefficient (Wildman–Crippen LogP) is 6.61. The third kappa shape index (κ3) is 4.55. The van der Waals surface area contributed by atoms with Crippen molar-refractivity contribution in [2.75, 3.05) is 6.54 Å². The number of imidazole rings is 1. The van der Waals surface area contributed by atoms with Gasteiger partial charge in [0.15, 0.2) is 0 Å². The fourth-order valence-electron chi connectivity index (χ4n) is 4.05. The van der Waals surface area contributed by atoms with Crippen LogP contribution in [0.1, 0.15) is 45.2 Å². The van der Waals surface area contributed by atoms with Gasteiger partial charge in [0.1, 0.15) is 5.65 Å². The Morgan fingerprint density at radius 2 is 1.65 bits per heavy atom. The van der Waals surface area contributed by atoms with Crippen molar-refractivity contribution in [3.8, 4) is 11.3 Å². The van der Waals surface area contributed by atoms with Crippen molar-refractivity contribution in [2.24, 2.45) is 0 Å². The minimum absolute atomic E-state index is 0.261. The number of nitrogens with zero attached hydrogens (tertiary/aromatic N) is 3. The molecule has 0 fully saturated rings. The summed E-state index contributed by atoms with van der Waals surface area (Å²) in [6.45, 7) is 8.06. The van der Waals surface area contributed by atoms with Gasteiger partial charge >= 0.3 is 6.18 Å². The third-order valence-electron chi connectivity index (χ3n) is 5.98. The summed E-state index contributed by atoms with van der Waals surface area (Å²) in [5.41, 5.74) is 5.32. The van der Waals surface area contributed by atoms with E-state index in [1.165, 1.54) is 13.0 Å². The lowest BCUT2D eigenvalue weighted by molar-refractivity contribution is -0.137. The van der Waals surface area contributed by atoms with Crippen molar-refractivity contribution in [3.63, 3.8) is 0 Å². The van der Waals surface area contributed by atoms with Gasteiger partial charge in [0, 0.05) is 23.9 Å². The third-order valence-corrected chi connectivity index (χ3v) is 5.98. The van der Waals surface area contributed by atoms with Crippen LogP contribution >= 0.6 is 0 Å². The van der Waals surface area contributed by atoms with Gasteiger partial charge in [0.2, 0.25) is 0 Å². The molecule has 7 heteroatoms. The number of amides is 1. The highest BCUT2D eigenvalue weighted by Crippen LogP contribution is 2.31. The van der Waals surface area contributed by atoms with Crippen molar-refractivity contribution in [3.05, 3.63) is 94.3 Å². The van der Waals surface area contributed by atoms with Crippen molar-refractivity contribution in [2.45, 2.75) is 40.4 Å². The molecule has 176 valence electrons. The Bertz CT molecular complexity index is 1350. The van der Waals surface area contributed by atoms with E-state index in [9.17, 15) is 18.0 Å². The number of hydrogen-bond acceptors (Lipinski definition) is 2. The number of aromatic nitrogens is 2. The Morgan fingerprint density at radius 3 is 2.26 bits per heavy atom. The van der Waals surface area contributed by atoms with Crippen molar-refractivity contribution in [1.82, 2.24) is 14.3 Å². The zero-order chi connectivity index (χ0) is 24.6. The van der Waals surface area contributed by atoms with Gasteiger partial charge in [-0.15, -0.1) is 0 Å². The molecule has 1 amide bonds. The van der Waals surface area contributed by atoms with E-state index in [0.29, 0.717) is 12.1 Å². The Hall–Kier alpha value is -3.61. The number of rotatable bonds is 5. The molecule has 0 unspecified atom stereocenters. The normalized spacial score (nSPS) is 11.7. The van der Waals surface area contributed by atoms with E-state index in [2.05, 4.69) is 0 Å². The maximum absolute atomic E-state index is 13.4. The first-order chi connectivity index (χ1) is 16.1. The first-order valence-corrected chi connectivity index (χ1v) is 11.1. The number of pyridine rings is 1. The van der Waals surface area contributed by atoms with Crippen LogP contribution in [0.15, 0.2) is 60.8 Å². The van der Waals surface area contributed by atoms with Crippen molar-refractivity contribution >= 4 is 11.6 Å². The molecule has 34 heavy (non-hydrogen) atoms. The number of carbonyl (C=O) groups excluding carboxylic acids is 1. The van der Waals surface area contributed by atoms with Gasteiger partial charge < -0.3 is 9.30 Å². The Balaban J connectivity index is 1.76. The van der Waals surface area contributed by atoms with Gasteiger partial charge in [-0.25, -0.2) is 4.98 Å². The van der Waals surface area contributed by atoms with Crippen LogP contribution in [-0.4, -0.2) is 26.7 Å². The molecular formula is C27H26F3N3O. The monoisotopic (exact) mass is 465 g/mol. The van der Waals surface area contributed by atoms with E-state index in [-0.39, 0.29) is 18.0 Å². The molecule has 2 aromatic carbocycles. The molecule has 4 aromatic rings. The topological polar surface area (TPSA) is 37.6 Å². The molecule has 0 aliphatic carbocycles. The number of fused-ring (bicyclic) bond motifs is 1. The second-order valence-electron chi connectivity index (χ2n) is 8.55. The first kappa shape index (κ1) is 23.5. The number of halogens is 3. The number of alkyl halides is 3. The average molecular weight is 466 g/mol. The first-order valence-electron chi connectivity index (χ1n) is 11.1. The van der Waals surface area contributed by atoms with Gasteiger partial charge in [0.05, 0.1) is 23.5 Å². The minimum Gasteiger partial charge on any atom is -0.333 e. The van der Waals surface area contributed by atoms with Gasteiger partial charge in [-0.3, -0.25) is 4.79 Å². The van der Waals surface area contributed by atoms with Crippen molar-refractivity contribution < 1.29 is 18.0 Å². The average Bonchev–Trinajstić information content (AvgIpc) is 3.14. The Kier molecular flexibility index (Phi) is 6.21. The lowest BCUT2D eigenvalue weighted by atomic mass is 10.0. The number of benzene rings is 2. The molecule has 0 radical (unpaired) electrons. The fourth-order valence-corrected chi connectivity index (χ4v) is 4.05. The molecule has 4 rings (SSSR count). The molecule has 0 aliphatic rings. The standard InChI is InChI=1S/C27H26F3N3O/c1-5-32(26(34)22-12-11-21(14-19(22)4)27(28,29)30)16-23-25(20-9-6-17(2)7-10-20)31-24-13-8-18(3)15-33(23)24/h6-15H,5,16H2,1-4H3. The highest BCUT2D eigenvalue weighted by molar-refractivity contribution is 5.95. The maximum Gasteiger partial charge on any atom is 0.416 e. The molecular weight excluding hydrogens is 439 g/mol. The molecule has 0 spiro atoms. The molecule has 0 N–H and O–H groups in total. The lowest BCUT2D eigenvalue weighted by Gasteiger charge is -2.23. The summed E-state index contributed by atoms with van der Waals surface area (Å²) in [7, 11) is 0. The highest BCUT2D eigenvalue weighted by Gasteiger charge is 2.31. The van der Waals surface area contributed by atoms with Crippen LogP contribution in [0.3, 0.4) is 0 Å². The molecule has 0 bridgehead atoms. The van der Waals surface area contributed by atoms with E-state index in [1.807, 2.05) is 67.8 Å². The summed E-state index contributed by atoms with van der Waals surface area (Å²) < 4.78 is 41.2. The molecule has 2 aromatic heterocycles. The van der Waals surface area contributed by atoms with E-state index in [0.717, 1.165) is 45.9 Å². The van der Waals surface area contributed by atoms with Crippen molar-refractivity contribution in [1.29, 1.82) is 0 Å². The summed E-state index contributed by atoms with van der Waals surface area (Å²) in [6.07, 6.45) is -2.47. The van der Waals surface area contributed by atoms with Gasteiger partial charge in [-0.2, -0.15) is 13.2 Å². The molecule has 0 saturated carbocycles. The Labute approximate surface area is 196 Å². The minimum atomic E-state index is -4.45. The summed E-state index contributed by atoms with van der Waals surface area (Å²) >= 11 is 0. The Morgan fingerprint density at radius 1 is 0.971 bits per heavy atom. The van der Waals surface area contributed by atoms with Gasteiger partial charge in [-0.1, -0.05) is 35.9 Å². The number of aryl methyl sites for hydroxylation is 3. The SMILES string of the molecule is CCN(Cc1c(-c2ccc(C)cc2)nc2ccc(C)cn12)C(=O)c1ccc(C(F)(F)F)cc1C. The summed E-state index contributed by atoms with van der Waals surface area (Å²) in [5, 5.41) is 0. The van der Waals surface area contributed by atoms with E-state index < -0.39 is 11.7 Å². The van der Waals surface area contributed by atoms with E-state index in [1.54, 1.807) is 4.90 Å². The highest BCUT2D eigenvalue weighted by atomic mass is 19.4. The predicted molar refractivity (Wildman–Crippen MR) is 127 cm³/mol. The van der Waals surface area contributed by atoms with Crippen LogP contribution in [0.4, 0.5) is 13.2 Å². The van der Waals surface area contributed by atoms with Crippen LogP contribution in [0, 0.1) is 20.8 Å². The van der Waals surface area contributed by atoms with E-state index in [4.69, 9.17) is 4.98 Å². The molecule has 0 saturated heterocycles. The molecule has 0 atom stereocenters. The van der Waals surface area contributed by atoms with Crippen LogP contribution < -0.4 is 0 Å². The lowest BCUT2D eigenvalue weighted by Crippen LogP contribution is -2.31. The molecule has 0 aliphatic heterocycles. The van der Waals surface area contributed by atoms with E-state index >= 15 is 0 Å². The van der Waals surface area contributed by atoms with Crippen LogP contribution in [0.5, 0.6) is 0 Å². The second-order valence-corrected chi connectivity index (χ2v) is 8.55. The molecule has 2 heterocycles. The largest absolute Gasteiger partial charge is 0.416 e. The zero-order valence-corrected chi connectivity index (χ0v) is 19.6. The summed E-state index contributed by atoms with van der Waals surface area (Å²) in [5.74, 6) is -0.314. The number of carbonyl (C=O) groups is 1. The smallest absolute Gasteiger partial charge is 0.333 e. The number of hydrogen-bond donors (Lipinski definition) is 0. The van der Waals surface area contributed by atoms with Crippen LogP contribution in [0.2, 0.25) is 0 Å². The second kappa shape index (κ2) is 8.97. The quantitative estimate of drug-likeness (QED) is 0.333. The summed E-state index contributed by atoms with van der Waals surface area (Å²) in [6, 6.07) is 15.2. The van der Waals surface area contributed by atoms with Crippen LogP contribution in [-0.2, 0) is 12.7 Å². The van der Waals surface area contributed by atoms with Gasteiger partial charge in [-0.05, 0) is 63.1 Å². The maximum atomic E-state index is 13.4. The fraction of sp³-hybridized carbons (Fsp3) is 0.259. The summed E-state index contributed by atoms with van der Waals surface area (Å²) in [4.78, 5) is 19.9. The van der Waals surface area contributed by atoms with Crippen LogP contribution in [0.25, 0.3) is 16.9 Å². The zero-order valence-electron chi connectivity index (χ0n) is 19.6.